The lowest BCUT2D eigenvalue weighted by molar-refractivity contribution is 0.192. The molecule has 1 aromatic carbocycles. The fraction of sp³-hybridized carbons (Fsp3) is 0.625. The number of halogens is 1. The van der Waals surface area contributed by atoms with Crippen LogP contribution in [0.5, 0.6) is 0 Å². The molecule has 3 heteroatoms. The van der Waals surface area contributed by atoms with Gasteiger partial charge in [-0.05, 0) is 43.5 Å². The number of benzene rings is 1. The van der Waals surface area contributed by atoms with Crippen molar-refractivity contribution < 1.29 is 0 Å². The highest BCUT2D eigenvalue weighted by Gasteiger charge is 2.24. The first kappa shape index (κ1) is 15.0. The largest absolute Gasteiger partial charge is 0.312 e. The Morgan fingerprint density at radius 3 is 2.79 bits per heavy atom. The van der Waals surface area contributed by atoms with E-state index in [0.717, 1.165) is 13.1 Å². The van der Waals surface area contributed by atoms with E-state index in [0.29, 0.717) is 18.0 Å². The molecular weight excluding hydrogens is 300 g/mol. The number of rotatable bonds is 3. The lowest BCUT2D eigenvalue weighted by atomic mass is 10.0. The number of nitrogens with one attached hydrogen (secondary N) is 1. The lowest BCUT2D eigenvalue weighted by Crippen LogP contribution is -2.42. The molecule has 2 rings (SSSR count). The first-order valence-electron chi connectivity index (χ1n) is 7.31. The molecule has 0 amide bonds. The molecule has 0 saturated carbocycles. The average Bonchev–Trinajstić information content (AvgIpc) is 2.63. The molecular formula is C16H25BrN2. The van der Waals surface area contributed by atoms with E-state index in [1.807, 2.05) is 0 Å². The molecule has 0 aromatic heterocycles. The van der Waals surface area contributed by atoms with Gasteiger partial charge in [0.25, 0.3) is 0 Å². The molecule has 1 fully saturated rings. The van der Waals surface area contributed by atoms with Gasteiger partial charge in [-0.2, -0.15) is 0 Å². The normalized spacial score (nSPS) is 23.3. The first-order valence-corrected chi connectivity index (χ1v) is 8.10. The van der Waals surface area contributed by atoms with Crippen LogP contribution in [-0.2, 0) is 0 Å². The van der Waals surface area contributed by atoms with Crippen molar-refractivity contribution >= 4 is 15.9 Å². The van der Waals surface area contributed by atoms with Gasteiger partial charge in [-0.1, -0.05) is 41.9 Å². The van der Waals surface area contributed by atoms with Gasteiger partial charge in [0, 0.05) is 29.6 Å². The number of hydrogen-bond donors (Lipinski definition) is 1. The van der Waals surface area contributed by atoms with Crippen molar-refractivity contribution in [2.45, 2.75) is 39.3 Å². The summed E-state index contributed by atoms with van der Waals surface area (Å²) in [4.78, 5) is 2.62. The van der Waals surface area contributed by atoms with E-state index in [1.54, 1.807) is 0 Å². The molecule has 1 aliphatic heterocycles. The van der Waals surface area contributed by atoms with Gasteiger partial charge in [0.15, 0.2) is 0 Å². The van der Waals surface area contributed by atoms with E-state index >= 15 is 0 Å². The van der Waals surface area contributed by atoms with Crippen LogP contribution in [0.15, 0.2) is 28.7 Å². The molecule has 1 heterocycles. The van der Waals surface area contributed by atoms with Gasteiger partial charge in [-0.25, -0.2) is 0 Å². The van der Waals surface area contributed by atoms with E-state index in [2.05, 4.69) is 71.2 Å². The third-order valence-corrected chi connectivity index (χ3v) is 4.64. The van der Waals surface area contributed by atoms with Crippen molar-refractivity contribution in [2.24, 2.45) is 5.92 Å². The molecule has 2 nitrogen and oxygen atoms in total. The summed E-state index contributed by atoms with van der Waals surface area (Å²) in [5.74, 6) is 0.690. The minimum Gasteiger partial charge on any atom is -0.312 e. The maximum Gasteiger partial charge on any atom is 0.0320 e. The SMILES string of the molecule is CC(C)C1CN(C(C)c2cccc(Br)c2)CCCN1. The Bertz CT molecular complexity index is 405. The molecule has 106 valence electrons. The molecule has 2 atom stereocenters. The van der Waals surface area contributed by atoms with E-state index in [-0.39, 0.29) is 0 Å². The average molecular weight is 325 g/mol. The van der Waals surface area contributed by atoms with Crippen LogP contribution in [-0.4, -0.2) is 30.6 Å². The second-order valence-corrected chi connectivity index (χ2v) is 6.80. The Labute approximate surface area is 125 Å². The van der Waals surface area contributed by atoms with Gasteiger partial charge in [0.05, 0.1) is 0 Å². The summed E-state index contributed by atoms with van der Waals surface area (Å²) in [6, 6.07) is 9.80. The first-order chi connectivity index (χ1) is 9.08. The summed E-state index contributed by atoms with van der Waals surface area (Å²) in [5, 5.41) is 3.68. The Morgan fingerprint density at radius 2 is 2.11 bits per heavy atom. The smallest absolute Gasteiger partial charge is 0.0320 e. The minimum atomic E-state index is 0.485. The fourth-order valence-corrected chi connectivity index (χ4v) is 3.17. The van der Waals surface area contributed by atoms with Crippen molar-refractivity contribution in [1.82, 2.24) is 10.2 Å². The molecule has 2 unspecified atom stereocenters. The zero-order valence-corrected chi connectivity index (χ0v) is 13.8. The van der Waals surface area contributed by atoms with Gasteiger partial charge in [0.2, 0.25) is 0 Å². The topological polar surface area (TPSA) is 15.3 Å². The second-order valence-electron chi connectivity index (χ2n) is 5.88. The molecule has 1 saturated heterocycles. The summed E-state index contributed by atoms with van der Waals surface area (Å²) >= 11 is 3.57. The van der Waals surface area contributed by atoms with Crippen LogP contribution in [0.4, 0.5) is 0 Å². The fourth-order valence-electron chi connectivity index (χ4n) is 2.75. The zero-order chi connectivity index (χ0) is 13.8. The Hall–Kier alpha value is -0.380. The molecule has 0 bridgehead atoms. The van der Waals surface area contributed by atoms with Crippen LogP contribution in [0.2, 0.25) is 0 Å². The third kappa shape index (κ3) is 4.04. The van der Waals surface area contributed by atoms with Crippen LogP contribution >= 0.6 is 15.9 Å². The standard InChI is InChI=1S/C16H25BrN2/c1-12(2)16-11-19(9-5-8-18-16)13(3)14-6-4-7-15(17)10-14/h4,6-7,10,12-13,16,18H,5,8-9,11H2,1-3H3. The van der Waals surface area contributed by atoms with Crippen molar-refractivity contribution in [2.75, 3.05) is 19.6 Å². The van der Waals surface area contributed by atoms with Crippen molar-refractivity contribution in [1.29, 1.82) is 0 Å². The summed E-state index contributed by atoms with van der Waals surface area (Å²) < 4.78 is 1.17. The Balaban J connectivity index is 2.10. The number of nitrogens with zero attached hydrogens (tertiary/aromatic N) is 1. The highest BCUT2D eigenvalue weighted by atomic mass is 79.9. The maximum absolute atomic E-state index is 3.68. The molecule has 1 aliphatic rings. The van der Waals surface area contributed by atoms with E-state index in [4.69, 9.17) is 0 Å². The highest BCUT2D eigenvalue weighted by Crippen LogP contribution is 2.25. The van der Waals surface area contributed by atoms with Gasteiger partial charge in [-0.3, -0.25) is 4.90 Å². The van der Waals surface area contributed by atoms with Gasteiger partial charge in [0.1, 0.15) is 0 Å². The molecule has 1 N–H and O–H groups in total. The summed E-state index contributed by atoms with van der Waals surface area (Å²) in [5.41, 5.74) is 1.40. The Kier molecular flexibility index (Phi) is 5.43. The minimum absolute atomic E-state index is 0.485. The lowest BCUT2D eigenvalue weighted by Gasteiger charge is -2.32. The van der Waals surface area contributed by atoms with Crippen LogP contribution in [0.25, 0.3) is 0 Å². The van der Waals surface area contributed by atoms with Crippen LogP contribution in [0, 0.1) is 5.92 Å². The summed E-state index contributed by atoms with van der Waals surface area (Å²) in [7, 11) is 0. The quantitative estimate of drug-likeness (QED) is 0.909. The van der Waals surface area contributed by atoms with Gasteiger partial charge >= 0.3 is 0 Å². The van der Waals surface area contributed by atoms with Crippen LogP contribution < -0.4 is 5.32 Å². The zero-order valence-electron chi connectivity index (χ0n) is 12.2. The van der Waals surface area contributed by atoms with Crippen molar-refractivity contribution in [3.8, 4) is 0 Å². The molecule has 19 heavy (non-hydrogen) atoms. The predicted octanol–water partition coefficient (Wildman–Crippen LogP) is 3.83. The summed E-state index contributed by atoms with van der Waals surface area (Å²) in [6.07, 6.45) is 1.24. The third-order valence-electron chi connectivity index (χ3n) is 4.14. The second kappa shape index (κ2) is 6.87. The van der Waals surface area contributed by atoms with Crippen molar-refractivity contribution in [3.05, 3.63) is 34.3 Å². The maximum atomic E-state index is 3.68. The van der Waals surface area contributed by atoms with Crippen LogP contribution in [0.3, 0.4) is 0 Å². The van der Waals surface area contributed by atoms with E-state index in [9.17, 15) is 0 Å². The van der Waals surface area contributed by atoms with Crippen molar-refractivity contribution in [3.63, 3.8) is 0 Å². The molecule has 0 spiro atoms. The van der Waals surface area contributed by atoms with Crippen LogP contribution in [0.1, 0.15) is 38.8 Å². The predicted molar refractivity (Wildman–Crippen MR) is 85.4 cm³/mol. The highest BCUT2D eigenvalue weighted by molar-refractivity contribution is 9.10. The number of hydrogen-bond acceptors (Lipinski definition) is 2. The van der Waals surface area contributed by atoms with E-state index < -0.39 is 0 Å². The van der Waals surface area contributed by atoms with Gasteiger partial charge < -0.3 is 5.32 Å². The monoisotopic (exact) mass is 324 g/mol. The van der Waals surface area contributed by atoms with E-state index in [1.165, 1.54) is 23.0 Å². The Morgan fingerprint density at radius 1 is 1.32 bits per heavy atom. The molecule has 0 aliphatic carbocycles. The molecule has 1 aromatic rings. The molecule has 0 radical (unpaired) electrons. The summed E-state index contributed by atoms with van der Waals surface area (Å²) in [6.45, 7) is 10.4. The van der Waals surface area contributed by atoms with Gasteiger partial charge in [-0.15, -0.1) is 0 Å².